The molecule has 118 valence electrons. The molecule has 0 radical (unpaired) electrons. The van der Waals surface area contributed by atoms with Crippen molar-refractivity contribution >= 4 is 5.91 Å². The van der Waals surface area contributed by atoms with Gasteiger partial charge in [-0.2, -0.15) is 0 Å². The lowest BCUT2D eigenvalue weighted by Crippen LogP contribution is -2.47. The summed E-state index contributed by atoms with van der Waals surface area (Å²) in [7, 11) is 2.18. The molecule has 3 aliphatic heterocycles. The van der Waals surface area contributed by atoms with E-state index in [0.717, 1.165) is 31.7 Å². The van der Waals surface area contributed by atoms with Crippen molar-refractivity contribution in [3.05, 3.63) is 23.8 Å². The van der Waals surface area contributed by atoms with Crippen molar-refractivity contribution in [1.29, 1.82) is 0 Å². The maximum absolute atomic E-state index is 12.9. The Hall–Kier alpha value is -1.75. The highest BCUT2D eigenvalue weighted by atomic mass is 16.7. The summed E-state index contributed by atoms with van der Waals surface area (Å²) in [5, 5.41) is 0. The van der Waals surface area contributed by atoms with Gasteiger partial charge in [0.2, 0.25) is 6.79 Å². The molecule has 4 rings (SSSR count). The number of carbonyl (C=O) groups is 1. The number of hydrogen-bond donors (Lipinski definition) is 0. The van der Waals surface area contributed by atoms with E-state index in [4.69, 9.17) is 9.47 Å². The molecule has 0 unspecified atom stereocenters. The van der Waals surface area contributed by atoms with E-state index in [0.29, 0.717) is 23.4 Å². The van der Waals surface area contributed by atoms with Crippen LogP contribution in [0.25, 0.3) is 0 Å². The summed E-state index contributed by atoms with van der Waals surface area (Å²) in [4.78, 5) is 17.4. The number of ether oxygens (including phenoxy) is 2. The van der Waals surface area contributed by atoms with Gasteiger partial charge in [0.25, 0.3) is 5.91 Å². The van der Waals surface area contributed by atoms with E-state index in [1.165, 1.54) is 12.8 Å². The molecule has 22 heavy (non-hydrogen) atoms. The Morgan fingerprint density at radius 3 is 2.68 bits per heavy atom. The Balaban J connectivity index is 1.56. The fourth-order valence-corrected chi connectivity index (χ4v) is 4.06. The summed E-state index contributed by atoms with van der Waals surface area (Å²) < 4.78 is 10.7. The Morgan fingerprint density at radius 1 is 1.09 bits per heavy atom. The number of likely N-dealkylation sites (tertiary alicyclic amines) is 2. The second-order valence-corrected chi connectivity index (χ2v) is 6.47. The highest BCUT2D eigenvalue weighted by Crippen LogP contribution is 2.34. The molecule has 3 heterocycles. The summed E-state index contributed by atoms with van der Waals surface area (Å²) in [6, 6.07) is 6.37. The highest BCUT2D eigenvalue weighted by Gasteiger charge is 2.38. The van der Waals surface area contributed by atoms with Gasteiger partial charge in [0.1, 0.15) is 0 Å². The molecular formula is C17H22N2O3. The Kier molecular flexibility index (Phi) is 3.45. The van der Waals surface area contributed by atoms with Gasteiger partial charge in [0.05, 0.1) is 0 Å². The van der Waals surface area contributed by atoms with Crippen LogP contribution in [0.2, 0.25) is 0 Å². The summed E-state index contributed by atoms with van der Waals surface area (Å²) >= 11 is 0. The molecule has 1 aromatic rings. The van der Waals surface area contributed by atoms with Crippen LogP contribution in [-0.2, 0) is 0 Å². The minimum Gasteiger partial charge on any atom is -0.454 e. The number of carbonyl (C=O) groups excluding carboxylic acids is 1. The van der Waals surface area contributed by atoms with Crippen LogP contribution in [0.4, 0.5) is 0 Å². The molecule has 0 aromatic heterocycles. The van der Waals surface area contributed by atoms with Crippen LogP contribution in [0.5, 0.6) is 11.5 Å². The van der Waals surface area contributed by atoms with E-state index >= 15 is 0 Å². The van der Waals surface area contributed by atoms with E-state index in [1.54, 1.807) is 0 Å². The van der Waals surface area contributed by atoms with Crippen LogP contribution < -0.4 is 9.47 Å². The van der Waals surface area contributed by atoms with Crippen LogP contribution >= 0.6 is 0 Å². The molecule has 2 saturated heterocycles. The monoisotopic (exact) mass is 302 g/mol. The van der Waals surface area contributed by atoms with Gasteiger partial charge >= 0.3 is 0 Å². The Labute approximate surface area is 130 Å². The predicted molar refractivity (Wildman–Crippen MR) is 82.3 cm³/mol. The molecule has 1 amide bonds. The van der Waals surface area contributed by atoms with Gasteiger partial charge in [0.15, 0.2) is 11.5 Å². The van der Waals surface area contributed by atoms with Gasteiger partial charge in [-0.3, -0.25) is 4.79 Å². The van der Waals surface area contributed by atoms with Gasteiger partial charge < -0.3 is 19.3 Å². The summed E-state index contributed by atoms with van der Waals surface area (Å²) in [5.41, 5.74) is 0.705. The van der Waals surface area contributed by atoms with Crippen molar-refractivity contribution in [3.8, 4) is 11.5 Å². The molecule has 0 bridgehead atoms. The Bertz CT molecular complexity index is 589. The minimum atomic E-state index is 0.126. The topological polar surface area (TPSA) is 42.0 Å². The van der Waals surface area contributed by atoms with Crippen molar-refractivity contribution in [1.82, 2.24) is 9.80 Å². The third-order valence-corrected chi connectivity index (χ3v) is 5.20. The van der Waals surface area contributed by atoms with Gasteiger partial charge in [-0.25, -0.2) is 0 Å². The average Bonchev–Trinajstić information content (AvgIpc) is 3.25. The molecule has 0 aliphatic carbocycles. The van der Waals surface area contributed by atoms with Crippen LogP contribution in [-0.4, -0.2) is 54.7 Å². The third kappa shape index (κ3) is 2.24. The SMILES string of the molecule is CN1CCC[C@H]1[C@H]1CCCN1C(=O)c1ccc2c(c1)OCO2. The van der Waals surface area contributed by atoms with E-state index in [2.05, 4.69) is 16.8 Å². The zero-order valence-electron chi connectivity index (χ0n) is 13.0. The largest absolute Gasteiger partial charge is 0.454 e. The number of fused-ring (bicyclic) bond motifs is 1. The second-order valence-electron chi connectivity index (χ2n) is 6.47. The average molecular weight is 302 g/mol. The molecule has 5 nitrogen and oxygen atoms in total. The maximum atomic E-state index is 12.9. The molecule has 1 aromatic carbocycles. The number of benzene rings is 1. The first-order valence-corrected chi connectivity index (χ1v) is 8.15. The van der Waals surface area contributed by atoms with Crippen LogP contribution in [0.1, 0.15) is 36.0 Å². The molecular weight excluding hydrogens is 280 g/mol. The predicted octanol–water partition coefficient (Wildman–Crippen LogP) is 2.11. The fourth-order valence-electron chi connectivity index (χ4n) is 4.06. The number of amides is 1. The second kappa shape index (κ2) is 5.47. The molecule has 2 atom stereocenters. The highest BCUT2D eigenvalue weighted by molar-refractivity contribution is 5.95. The smallest absolute Gasteiger partial charge is 0.254 e. The minimum absolute atomic E-state index is 0.126. The van der Waals surface area contributed by atoms with Gasteiger partial charge in [-0.05, 0) is 57.5 Å². The van der Waals surface area contributed by atoms with Crippen molar-refractivity contribution in [2.75, 3.05) is 26.9 Å². The zero-order chi connectivity index (χ0) is 15.1. The first-order valence-electron chi connectivity index (χ1n) is 8.15. The summed E-state index contributed by atoms with van der Waals surface area (Å²) in [5.74, 6) is 1.53. The lowest BCUT2D eigenvalue weighted by molar-refractivity contribution is 0.0664. The van der Waals surface area contributed by atoms with Crippen molar-refractivity contribution in [2.24, 2.45) is 0 Å². The molecule has 0 saturated carbocycles. The normalized spacial score (nSPS) is 27.6. The number of likely N-dealkylation sites (N-methyl/N-ethyl adjacent to an activating group) is 1. The first-order chi connectivity index (χ1) is 10.7. The maximum Gasteiger partial charge on any atom is 0.254 e. The van der Waals surface area contributed by atoms with Crippen molar-refractivity contribution < 1.29 is 14.3 Å². The molecule has 0 N–H and O–H groups in total. The Morgan fingerprint density at radius 2 is 1.86 bits per heavy atom. The standard InChI is InChI=1S/C17H22N2O3/c1-18-8-2-4-13(18)14-5-3-9-19(14)17(20)12-6-7-15-16(10-12)22-11-21-15/h6-7,10,13-14H,2-5,8-9,11H2,1H3/t13-,14+/m0/s1. The van der Waals surface area contributed by atoms with Gasteiger partial charge in [-0.1, -0.05) is 0 Å². The molecule has 3 aliphatic rings. The van der Waals surface area contributed by atoms with E-state index in [9.17, 15) is 4.79 Å². The fraction of sp³-hybridized carbons (Fsp3) is 0.588. The van der Waals surface area contributed by atoms with Crippen LogP contribution in [0.3, 0.4) is 0 Å². The summed E-state index contributed by atoms with van der Waals surface area (Å²) in [6.07, 6.45) is 4.66. The quantitative estimate of drug-likeness (QED) is 0.839. The van der Waals surface area contributed by atoms with E-state index in [-0.39, 0.29) is 12.7 Å². The lowest BCUT2D eigenvalue weighted by atomic mass is 10.0. The van der Waals surface area contributed by atoms with E-state index in [1.807, 2.05) is 18.2 Å². The zero-order valence-corrected chi connectivity index (χ0v) is 13.0. The van der Waals surface area contributed by atoms with Gasteiger partial charge in [-0.15, -0.1) is 0 Å². The lowest BCUT2D eigenvalue weighted by Gasteiger charge is -2.33. The molecule has 5 heteroatoms. The first kappa shape index (κ1) is 13.9. The summed E-state index contributed by atoms with van der Waals surface area (Å²) in [6.45, 7) is 2.25. The van der Waals surface area contributed by atoms with Crippen molar-refractivity contribution in [2.45, 2.75) is 37.8 Å². The third-order valence-electron chi connectivity index (χ3n) is 5.20. The number of hydrogen-bond acceptors (Lipinski definition) is 4. The number of rotatable bonds is 2. The van der Waals surface area contributed by atoms with Crippen LogP contribution in [0.15, 0.2) is 18.2 Å². The van der Waals surface area contributed by atoms with Crippen molar-refractivity contribution in [3.63, 3.8) is 0 Å². The molecule has 2 fully saturated rings. The number of nitrogens with zero attached hydrogens (tertiary/aromatic N) is 2. The van der Waals surface area contributed by atoms with E-state index < -0.39 is 0 Å². The van der Waals surface area contributed by atoms with Gasteiger partial charge in [0, 0.05) is 24.2 Å². The molecule has 0 spiro atoms. The van der Waals surface area contributed by atoms with Crippen LogP contribution in [0, 0.1) is 0 Å².